The molecule has 0 aliphatic rings. The molecule has 1 aromatic carbocycles. The van der Waals surface area contributed by atoms with Crippen molar-refractivity contribution in [3.05, 3.63) is 46.8 Å². The first-order chi connectivity index (χ1) is 9.97. The van der Waals surface area contributed by atoms with Gasteiger partial charge in [-0.25, -0.2) is 8.42 Å². The van der Waals surface area contributed by atoms with E-state index >= 15 is 0 Å². The summed E-state index contributed by atoms with van der Waals surface area (Å²) in [5.74, 6) is 0.745. The van der Waals surface area contributed by atoms with Gasteiger partial charge in [0, 0.05) is 20.1 Å². The normalized spacial score (nSPS) is 11.8. The van der Waals surface area contributed by atoms with Gasteiger partial charge in [0.25, 0.3) is 10.0 Å². The Balaban J connectivity index is 2.15. The van der Waals surface area contributed by atoms with Gasteiger partial charge < -0.3 is 10.5 Å². The van der Waals surface area contributed by atoms with Crippen molar-refractivity contribution in [1.29, 1.82) is 0 Å². The molecule has 0 unspecified atom stereocenters. The number of hydrogen-bond donors (Lipinski definition) is 1. The van der Waals surface area contributed by atoms with Gasteiger partial charge in [-0.05, 0) is 34.7 Å². The summed E-state index contributed by atoms with van der Waals surface area (Å²) in [6.07, 6.45) is 0. The van der Waals surface area contributed by atoms with E-state index in [1.807, 2.05) is 24.3 Å². The number of ether oxygens (including phenoxy) is 1. The van der Waals surface area contributed by atoms with Crippen LogP contribution in [0.1, 0.15) is 11.1 Å². The maximum Gasteiger partial charge on any atom is 0.252 e. The van der Waals surface area contributed by atoms with Crippen molar-refractivity contribution in [3.63, 3.8) is 0 Å². The maximum absolute atomic E-state index is 12.5. The highest BCUT2D eigenvalue weighted by molar-refractivity contribution is 7.91. The second-order valence-electron chi connectivity index (χ2n) is 4.59. The molecule has 1 aromatic heterocycles. The molecule has 5 nitrogen and oxygen atoms in total. The van der Waals surface area contributed by atoms with Crippen LogP contribution in [0.25, 0.3) is 0 Å². The fourth-order valence-corrected chi connectivity index (χ4v) is 4.41. The number of nitrogens with zero attached hydrogens (tertiary/aromatic N) is 1. The van der Waals surface area contributed by atoms with Gasteiger partial charge in [0.2, 0.25) is 0 Å². The quantitative estimate of drug-likeness (QED) is 0.881. The monoisotopic (exact) mass is 326 g/mol. The van der Waals surface area contributed by atoms with Gasteiger partial charge in [0.1, 0.15) is 9.96 Å². The van der Waals surface area contributed by atoms with Crippen LogP contribution in [-0.2, 0) is 23.1 Å². The summed E-state index contributed by atoms with van der Waals surface area (Å²) >= 11 is 1.20. The van der Waals surface area contributed by atoms with Crippen LogP contribution < -0.4 is 10.5 Å². The molecule has 0 aliphatic carbocycles. The highest BCUT2D eigenvalue weighted by atomic mass is 32.2. The van der Waals surface area contributed by atoms with E-state index in [0.717, 1.165) is 16.9 Å². The zero-order valence-electron chi connectivity index (χ0n) is 11.9. The predicted octanol–water partition coefficient (Wildman–Crippen LogP) is 2.04. The van der Waals surface area contributed by atoms with E-state index in [1.165, 1.54) is 15.6 Å². The van der Waals surface area contributed by atoms with E-state index in [4.69, 9.17) is 10.5 Å². The lowest BCUT2D eigenvalue weighted by Gasteiger charge is -2.16. The Kier molecular flexibility index (Phi) is 5.00. The minimum atomic E-state index is -3.48. The fraction of sp³-hybridized carbons (Fsp3) is 0.286. The summed E-state index contributed by atoms with van der Waals surface area (Å²) < 4.78 is 31.7. The average Bonchev–Trinajstić information content (AvgIpc) is 2.97. The van der Waals surface area contributed by atoms with Crippen molar-refractivity contribution in [3.8, 4) is 5.75 Å². The molecule has 0 fully saturated rings. The third-order valence-corrected chi connectivity index (χ3v) is 6.36. The van der Waals surface area contributed by atoms with Gasteiger partial charge in [-0.3, -0.25) is 0 Å². The van der Waals surface area contributed by atoms with Crippen LogP contribution in [0.4, 0.5) is 0 Å². The number of benzene rings is 1. The van der Waals surface area contributed by atoms with Crippen LogP contribution in [-0.4, -0.2) is 26.9 Å². The Morgan fingerprint density at radius 3 is 2.43 bits per heavy atom. The smallest absolute Gasteiger partial charge is 0.252 e. The number of nitrogens with two attached hydrogens (primary N) is 1. The van der Waals surface area contributed by atoms with Crippen LogP contribution in [0.15, 0.2) is 39.9 Å². The molecule has 0 saturated carbocycles. The lowest BCUT2D eigenvalue weighted by molar-refractivity contribution is 0.414. The third kappa shape index (κ3) is 3.62. The molecule has 21 heavy (non-hydrogen) atoms. The van der Waals surface area contributed by atoms with Crippen LogP contribution in [0.3, 0.4) is 0 Å². The third-order valence-electron chi connectivity index (χ3n) is 3.09. The largest absolute Gasteiger partial charge is 0.497 e. The van der Waals surface area contributed by atoms with Crippen molar-refractivity contribution in [2.75, 3.05) is 14.2 Å². The van der Waals surface area contributed by atoms with Crippen LogP contribution in [0.5, 0.6) is 5.75 Å². The molecular weight excluding hydrogens is 308 g/mol. The molecule has 0 saturated heterocycles. The SMILES string of the molecule is COc1ccc(CN(C)S(=O)(=O)c2cc(CN)cs2)cc1. The van der Waals surface area contributed by atoms with Crippen LogP contribution in [0, 0.1) is 0 Å². The summed E-state index contributed by atoms with van der Waals surface area (Å²) in [5, 5.41) is 1.77. The second-order valence-corrected chi connectivity index (χ2v) is 7.77. The van der Waals surface area contributed by atoms with Gasteiger partial charge in [0.05, 0.1) is 7.11 Å². The van der Waals surface area contributed by atoms with Gasteiger partial charge >= 0.3 is 0 Å². The second kappa shape index (κ2) is 6.57. The Hall–Kier alpha value is -1.41. The van der Waals surface area contributed by atoms with E-state index < -0.39 is 10.0 Å². The van der Waals surface area contributed by atoms with Crippen LogP contribution in [0.2, 0.25) is 0 Å². The minimum Gasteiger partial charge on any atom is -0.497 e. The molecule has 0 atom stereocenters. The molecule has 2 rings (SSSR count). The molecule has 0 spiro atoms. The molecule has 1 heterocycles. The van der Waals surface area contributed by atoms with Gasteiger partial charge in [0.15, 0.2) is 0 Å². The van der Waals surface area contributed by atoms with Gasteiger partial charge in [-0.2, -0.15) is 4.31 Å². The molecule has 2 N–H and O–H groups in total. The van der Waals surface area contributed by atoms with Crippen LogP contribution >= 0.6 is 11.3 Å². The van der Waals surface area contributed by atoms with Gasteiger partial charge in [-0.15, -0.1) is 11.3 Å². The minimum absolute atomic E-state index is 0.308. The predicted molar refractivity (Wildman–Crippen MR) is 83.9 cm³/mol. The number of thiophene rings is 1. The average molecular weight is 326 g/mol. The van der Waals surface area contributed by atoms with Crippen molar-refractivity contribution in [2.45, 2.75) is 17.3 Å². The molecule has 0 aliphatic heterocycles. The first-order valence-electron chi connectivity index (χ1n) is 6.34. The highest BCUT2D eigenvalue weighted by Gasteiger charge is 2.22. The summed E-state index contributed by atoms with van der Waals surface area (Å²) in [7, 11) is -0.312. The summed E-state index contributed by atoms with van der Waals surface area (Å²) in [6, 6.07) is 8.96. The Labute approximate surface area is 129 Å². The lowest BCUT2D eigenvalue weighted by Crippen LogP contribution is -2.25. The van der Waals surface area contributed by atoms with Crippen molar-refractivity contribution in [2.24, 2.45) is 5.73 Å². The standard InChI is InChI=1S/C14H18N2O3S2/c1-16(9-11-3-5-13(19-2)6-4-11)21(17,18)14-7-12(8-15)10-20-14/h3-7,10H,8-9,15H2,1-2H3. The van der Waals surface area contributed by atoms with E-state index in [-0.39, 0.29) is 0 Å². The maximum atomic E-state index is 12.5. The van der Waals surface area contributed by atoms with Crippen molar-refractivity contribution >= 4 is 21.4 Å². The molecule has 0 radical (unpaired) electrons. The molecule has 0 bridgehead atoms. The van der Waals surface area contributed by atoms with E-state index in [0.29, 0.717) is 17.3 Å². The zero-order chi connectivity index (χ0) is 15.5. The number of methoxy groups -OCH3 is 1. The first kappa shape index (κ1) is 16.0. The summed E-state index contributed by atoms with van der Waals surface area (Å²) in [6.45, 7) is 0.649. The first-order valence-corrected chi connectivity index (χ1v) is 8.66. The molecular formula is C14H18N2O3S2. The van der Waals surface area contributed by atoms with E-state index in [1.54, 1.807) is 25.6 Å². The highest BCUT2D eigenvalue weighted by Crippen LogP contribution is 2.24. The molecule has 0 amide bonds. The van der Waals surface area contributed by atoms with E-state index in [2.05, 4.69) is 0 Å². The van der Waals surface area contributed by atoms with Gasteiger partial charge in [-0.1, -0.05) is 12.1 Å². The molecule has 7 heteroatoms. The number of sulfonamides is 1. The Morgan fingerprint density at radius 1 is 1.24 bits per heavy atom. The molecule has 114 valence electrons. The van der Waals surface area contributed by atoms with E-state index in [9.17, 15) is 8.42 Å². The number of rotatable bonds is 6. The topological polar surface area (TPSA) is 72.6 Å². The lowest BCUT2D eigenvalue weighted by atomic mass is 10.2. The Bertz CT molecular complexity index is 693. The summed E-state index contributed by atoms with van der Waals surface area (Å²) in [4.78, 5) is 0. The number of hydrogen-bond acceptors (Lipinski definition) is 5. The fourth-order valence-electron chi connectivity index (χ4n) is 1.82. The van der Waals surface area contributed by atoms with Crippen molar-refractivity contribution < 1.29 is 13.2 Å². The molecule has 2 aromatic rings. The zero-order valence-corrected chi connectivity index (χ0v) is 13.6. The van der Waals surface area contributed by atoms with Crippen molar-refractivity contribution in [1.82, 2.24) is 4.31 Å². The Morgan fingerprint density at radius 2 is 1.90 bits per heavy atom. The summed E-state index contributed by atoms with van der Waals surface area (Å²) in [5.41, 5.74) is 7.25.